The lowest BCUT2D eigenvalue weighted by molar-refractivity contribution is -0.384. The number of sulfonamides is 1. The van der Waals surface area contributed by atoms with Crippen LogP contribution in [0, 0.1) is 17.0 Å². The van der Waals surface area contributed by atoms with Crippen molar-refractivity contribution in [3.63, 3.8) is 0 Å². The van der Waals surface area contributed by atoms with Gasteiger partial charge in [0.1, 0.15) is 0 Å². The number of anilines is 2. The molecule has 2 aromatic carbocycles. The molecular weight excluding hydrogens is 378 g/mol. The Morgan fingerprint density at radius 2 is 1.85 bits per heavy atom. The minimum atomic E-state index is -3.99. The number of hydrogen-bond acceptors (Lipinski definition) is 6. The molecule has 0 aliphatic heterocycles. The molecule has 10 heteroatoms. The van der Waals surface area contributed by atoms with Gasteiger partial charge in [0.2, 0.25) is 5.91 Å². The number of nitrogens with one attached hydrogen (secondary N) is 2. The van der Waals surface area contributed by atoms with E-state index in [0.29, 0.717) is 16.1 Å². The number of carbonyl (C=O) groups excluding carboxylic acids is 1. The molecule has 26 heavy (non-hydrogen) atoms. The van der Waals surface area contributed by atoms with Gasteiger partial charge in [0.05, 0.1) is 21.2 Å². The first-order chi connectivity index (χ1) is 12.1. The molecule has 0 aromatic heterocycles. The van der Waals surface area contributed by atoms with E-state index in [0.717, 1.165) is 6.07 Å². The fourth-order valence-corrected chi connectivity index (χ4v) is 3.86. The molecule has 0 radical (unpaired) electrons. The third-order valence-corrected chi connectivity index (χ3v) is 5.63. The molecule has 0 fully saturated rings. The molecule has 0 aliphatic rings. The molecular formula is C16H17N3O5S2. The number of nitro benzene ring substituents is 1. The SMILES string of the molecule is CSc1ccc(S(=O)(=O)Nc2cc([N+](=O)[O-])ccc2C)cc1NC(C)=O. The quantitative estimate of drug-likeness (QED) is 0.440. The highest BCUT2D eigenvalue weighted by Gasteiger charge is 2.19. The first-order valence-corrected chi connectivity index (χ1v) is 10.1. The molecule has 0 spiro atoms. The molecule has 0 unspecified atom stereocenters. The smallest absolute Gasteiger partial charge is 0.271 e. The van der Waals surface area contributed by atoms with Crippen LogP contribution < -0.4 is 10.0 Å². The number of non-ortho nitro benzene ring substituents is 1. The summed E-state index contributed by atoms with van der Waals surface area (Å²) in [7, 11) is -3.99. The van der Waals surface area contributed by atoms with Crippen LogP contribution in [-0.2, 0) is 14.8 Å². The molecule has 138 valence electrons. The maximum Gasteiger partial charge on any atom is 0.271 e. The summed E-state index contributed by atoms with van der Waals surface area (Å²) in [6.07, 6.45) is 1.81. The Morgan fingerprint density at radius 3 is 2.42 bits per heavy atom. The largest absolute Gasteiger partial charge is 0.325 e. The Hall–Kier alpha value is -2.59. The van der Waals surface area contributed by atoms with Gasteiger partial charge in [-0.2, -0.15) is 0 Å². The zero-order valence-electron chi connectivity index (χ0n) is 14.3. The summed E-state index contributed by atoms with van der Waals surface area (Å²) in [4.78, 5) is 22.3. The fraction of sp³-hybridized carbons (Fsp3) is 0.188. The van der Waals surface area contributed by atoms with E-state index >= 15 is 0 Å². The molecule has 0 atom stereocenters. The zero-order valence-corrected chi connectivity index (χ0v) is 15.9. The van der Waals surface area contributed by atoms with Gasteiger partial charge in [-0.25, -0.2) is 8.42 Å². The second-order valence-corrected chi connectivity index (χ2v) is 7.94. The summed E-state index contributed by atoms with van der Waals surface area (Å²) in [6.45, 7) is 2.97. The van der Waals surface area contributed by atoms with Gasteiger partial charge < -0.3 is 5.32 Å². The van der Waals surface area contributed by atoms with Crippen molar-refractivity contribution in [1.29, 1.82) is 0 Å². The maximum atomic E-state index is 12.7. The summed E-state index contributed by atoms with van der Waals surface area (Å²) in [5.74, 6) is -0.322. The van der Waals surface area contributed by atoms with Crippen molar-refractivity contribution in [2.45, 2.75) is 23.6 Å². The molecule has 0 saturated carbocycles. The predicted octanol–water partition coefficient (Wildman–Crippen LogP) is 3.38. The monoisotopic (exact) mass is 395 g/mol. The molecule has 8 nitrogen and oxygen atoms in total. The Balaban J connectivity index is 2.43. The molecule has 0 bridgehead atoms. The van der Waals surface area contributed by atoms with Crippen LogP contribution >= 0.6 is 11.8 Å². The predicted molar refractivity (Wildman–Crippen MR) is 101 cm³/mol. The van der Waals surface area contributed by atoms with E-state index in [-0.39, 0.29) is 22.2 Å². The number of benzene rings is 2. The van der Waals surface area contributed by atoms with Gasteiger partial charge in [-0.05, 0) is 36.9 Å². The number of thioether (sulfide) groups is 1. The van der Waals surface area contributed by atoms with Crippen LogP contribution in [0.4, 0.5) is 17.1 Å². The molecule has 1 amide bonds. The van der Waals surface area contributed by atoms with Crippen LogP contribution in [0.3, 0.4) is 0 Å². The molecule has 0 heterocycles. The number of hydrogen-bond donors (Lipinski definition) is 2. The highest BCUT2D eigenvalue weighted by molar-refractivity contribution is 7.98. The van der Waals surface area contributed by atoms with Crippen LogP contribution in [0.2, 0.25) is 0 Å². The van der Waals surface area contributed by atoms with Crippen LogP contribution in [0.25, 0.3) is 0 Å². The zero-order chi connectivity index (χ0) is 19.5. The summed E-state index contributed by atoms with van der Waals surface area (Å²) in [5, 5.41) is 13.5. The Labute approximate surface area is 155 Å². The third kappa shape index (κ3) is 4.52. The molecule has 2 rings (SSSR count). The average Bonchev–Trinajstić information content (AvgIpc) is 2.55. The van der Waals surface area contributed by atoms with E-state index in [1.807, 2.05) is 0 Å². The van der Waals surface area contributed by atoms with E-state index in [1.54, 1.807) is 19.2 Å². The van der Waals surface area contributed by atoms with Crippen molar-refractivity contribution in [3.05, 3.63) is 52.1 Å². The van der Waals surface area contributed by atoms with Gasteiger partial charge in [-0.15, -0.1) is 11.8 Å². The second kappa shape index (κ2) is 7.75. The van der Waals surface area contributed by atoms with Crippen molar-refractivity contribution < 1.29 is 18.1 Å². The van der Waals surface area contributed by atoms with Crippen LogP contribution in [-0.4, -0.2) is 25.5 Å². The van der Waals surface area contributed by atoms with Gasteiger partial charge in [0, 0.05) is 24.0 Å². The second-order valence-electron chi connectivity index (χ2n) is 5.41. The van der Waals surface area contributed by atoms with Crippen LogP contribution in [0.5, 0.6) is 0 Å². The lowest BCUT2D eigenvalue weighted by Gasteiger charge is -2.13. The standard InChI is InChI=1S/C16H17N3O5S2/c1-10-4-5-12(19(21)22)8-14(10)18-26(23,24)13-6-7-16(25-3)15(9-13)17-11(2)20/h4-9,18H,1-3H3,(H,17,20). The summed E-state index contributed by atoms with van der Waals surface area (Å²) in [5.41, 5.74) is 0.824. The third-order valence-electron chi connectivity index (χ3n) is 3.47. The lowest BCUT2D eigenvalue weighted by Crippen LogP contribution is -2.15. The number of aryl methyl sites for hydroxylation is 1. The molecule has 0 aliphatic carbocycles. The first kappa shape index (κ1) is 19.7. The maximum absolute atomic E-state index is 12.7. The number of nitrogens with zero attached hydrogens (tertiary/aromatic N) is 1. The Morgan fingerprint density at radius 1 is 1.15 bits per heavy atom. The average molecular weight is 395 g/mol. The summed E-state index contributed by atoms with van der Waals surface area (Å²) >= 11 is 1.36. The molecule has 2 N–H and O–H groups in total. The van der Waals surface area contributed by atoms with Crippen LogP contribution in [0.15, 0.2) is 46.2 Å². The van der Waals surface area contributed by atoms with E-state index in [2.05, 4.69) is 10.0 Å². The van der Waals surface area contributed by atoms with Crippen LogP contribution in [0.1, 0.15) is 12.5 Å². The van der Waals surface area contributed by atoms with Crippen molar-refractivity contribution >= 4 is 44.8 Å². The number of carbonyl (C=O) groups is 1. The van der Waals surface area contributed by atoms with Crippen molar-refractivity contribution in [1.82, 2.24) is 0 Å². The van der Waals surface area contributed by atoms with Gasteiger partial charge in [-0.1, -0.05) is 6.07 Å². The fourth-order valence-electron chi connectivity index (χ4n) is 2.18. The Kier molecular flexibility index (Phi) is 5.88. The number of nitro groups is 1. The number of rotatable bonds is 6. The van der Waals surface area contributed by atoms with Gasteiger partial charge >= 0.3 is 0 Å². The van der Waals surface area contributed by atoms with E-state index in [9.17, 15) is 23.3 Å². The highest BCUT2D eigenvalue weighted by atomic mass is 32.2. The normalized spacial score (nSPS) is 11.0. The summed E-state index contributed by atoms with van der Waals surface area (Å²) in [6, 6.07) is 8.28. The van der Waals surface area contributed by atoms with Gasteiger partial charge in [-0.3, -0.25) is 19.6 Å². The molecule has 2 aromatic rings. The molecule has 0 saturated heterocycles. The lowest BCUT2D eigenvalue weighted by atomic mass is 10.2. The van der Waals surface area contributed by atoms with Crippen molar-refractivity contribution in [2.24, 2.45) is 0 Å². The minimum absolute atomic E-state index is 0.0649. The van der Waals surface area contributed by atoms with Gasteiger partial charge in [0.25, 0.3) is 15.7 Å². The Bertz CT molecular complexity index is 974. The van der Waals surface area contributed by atoms with E-state index < -0.39 is 14.9 Å². The summed E-state index contributed by atoms with van der Waals surface area (Å²) < 4.78 is 27.7. The first-order valence-electron chi connectivity index (χ1n) is 7.37. The topological polar surface area (TPSA) is 118 Å². The van der Waals surface area contributed by atoms with E-state index in [1.165, 1.54) is 43.0 Å². The van der Waals surface area contributed by atoms with Crippen molar-refractivity contribution in [2.75, 3.05) is 16.3 Å². The highest BCUT2D eigenvalue weighted by Crippen LogP contribution is 2.30. The van der Waals surface area contributed by atoms with Gasteiger partial charge in [0.15, 0.2) is 0 Å². The van der Waals surface area contributed by atoms with E-state index in [4.69, 9.17) is 0 Å². The van der Waals surface area contributed by atoms with Crippen molar-refractivity contribution in [3.8, 4) is 0 Å². The minimum Gasteiger partial charge on any atom is -0.325 e. The number of amides is 1.